The van der Waals surface area contributed by atoms with E-state index in [-0.39, 0.29) is 17.7 Å². The van der Waals surface area contributed by atoms with Gasteiger partial charge >= 0.3 is 6.18 Å². The zero-order valence-corrected chi connectivity index (χ0v) is 16.9. The van der Waals surface area contributed by atoms with E-state index < -0.39 is 11.7 Å². The third-order valence-electron chi connectivity index (χ3n) is 4.96. The fourth-order valence-electron chi connectivity index (χ4n) is 3.25. The highest BCUT2D eigenvalue weighted by molar-refractivity contribution is 5.95. The highest BCUT2D eigenvalue weighted by Crippen LogP contribution is 2.35. The molecule has 0 fully saturated rings. The van der Waals surface area contributed by atoms with Gasteiger partial charge in [-0.15, -0.1) is 0 Å². The molecule has 0 saturated carbocycles. The van der Waals surface area contributed by atoms with E-state index in [9.17, 15) is 18.0 Å². The molecule has 0 aliphatic rings. The molecule has 0 saturated heterocycles. The van der Waals surface area contributed by atoms with Crippen molar-refractivity contribution in [3.05, 3.63) is 89.7 Å². The first-order chi connectivity index (χ1) is 15.3. The molecule has 5 nitrogen and oxygen atoms in total. The molecule has 0 spiro atoms. The molecular weight excluding hydrogens is 419 g/mol. The first-order valence-electron chi connectivity index (χ1n) is 9.75. The summed E-state index contributed by atoms with van der Waals surface area (Å²) in [5.41, 5.74) is 0.776. The van der Waals surface area contributed by atoms with Gasteiger partial charge in [-0.3, -0.25) is 4.79 Å². The highest BCUT2D eigenvalue weighted by Gasteiger charge is 2.30. The molecule has 1 unspecified atom stereocenters. The van der Waals surface area contributed by atoms with Crippen LogP contribution in [0.2, 0.25) is 0 Å². The number of anilines is 1. The molecule has 1 N–H and O–H groups in total. The number of benzene rings is 2. The summed E-state index contributed by atoms with van der Waals surface area (Å²) in [4.78, 5) is 19.6. The number of nitrogens with one attached hydrogen (secondary N) is 1. The summed E-state index contributed by atoms with van der Waals surface area (Å²) < 4.78 is 44.3. The second-order valence-corrected chi connectivity index (χ2v) is 7.15. The number of carbonyl (C=O) groups excluding carboxylic acids is 1. The minimum absolute atomic E-state index is 0.145. The van der Waals surface area contributed by atoms with Crippen molar-refractivity contribution < 1.29 is 22.7 Å². The van der Waals surface area contributed by atoms with Crippen molar-refractivity contribution in [3.63, 3.8) is 0 Å². The van der Waals surface area contributed by atoms with Crippen LogP contribution in [0.5, 0.6) is 11.6 Å². The number of pyridine rings is 2. The van der Waals surface area contributed by atoms with Gasteiger partial charge < -0.3 is 10.1 Å². The summed E-state index contributed by atoms with van der Waals surface area (Å²) >= 11 is 0. The maximum absolute atomic E-state index is 12.8. The SMILES string of the molecule is CC(Nc1nccc2ccnc(Oc3ccc(C(F)(F)F)cc3)c12)c1ccc(C=O)cc1. The Balaban J connectivity index is 1.65. The summed E-state index contributed by atoms with van der Waals surface area (Å²) in [5.74, 6) is 0.969. The molecule has 2 heterocycles. The standard InChI is InChI=1S/C24H18F3N3O2/c1-15(17-4-2-16(14-31)3-5-17)30-22-21-18(10-12-28-22)11-13-29-23(21)32-20-8-6-19(7-9-20)24(25,26)27/h2-15H,1H3,(H,28,30). The summed E-state index contributed by atoms with van der Waals surface area (Å²) in [7, 11) is 0. The van der Waals surface area contributed by atoms with Crippen LogP contribution < -0.4 is 10.1 Å². The molecule has 0 radical (unpaired) electrons. The van der Waals surface area contributed by atoms with Gasteiger partial charge in [0, 0.05) is 24.0 Å². The van der Waals surface area contributed by atoms with Gasteiger partial charge in [-0.05, 0) is 54.3 Å². The van der Waals surface area contributed by atoms with E-state index in [2.05, 4.69) is 15.3 Å². The van der Waals surface area contributed by atoms with Crippen molar-refractivity contribution in [2.24, 2.45) is 0 Å². The number of aromatic nitrogens is 2. The van der Waals surface area contributed by atoms with Gasteiger partial charge in [-0.25, -0.2) is 9.97 Å². The fraction of sp³-hybridized carbons (Fsp3) is 0.125. The normalized spacial score (nSPS) is 12.4. The van der Waals surface area contributed by atoms with Crippen LogP contribution in [0.15, 0.2) is 73.1 Å². The molecule has 2 aromatic carbocycles. The minimum Gasteiger partial charge on any atom is -0.438 e. The van der Waals surface area contributed by atoms with Crippen molar-refractivity contribution in [1.29, 1.82) is 0 Å². The van der Waals surface area contributed by atoms with Crippen LogP contribution in [0.4, 0.5) is 19.0 Å². The van der Waals surface area contributed by atoms with Crippen LogP contribution in [-0.2, 0) is 6.18 Å². The molecule has 2 aromatic heterocycles. The maximum atomic E-state index is 12.8. The Morgan fingerprint density at radius 1 is 0.938 bits per heavy atom. The molecule has 4 aromatic rings. The van der Waals surface area contributed by atoms with Gasteiger partial charge in [-0.2, -0.15) is 13.2 Å². The molecule has 8 heteroatoms. The predicted octanol–water partition coefficient (Wildman–Crippen LogP) is 6.43. The molecule has 0 bridgehead atoms. The van der Waals surface area contributed by atoms with E-state index in [1.807, 2.05) is 19.1 Å². The van der Waals surface area contributed by atoms with E-state index in [0.29, 0.717) is 16.8 Å². The molecule has 0 amide bonds. The first-order valence-corrected chi connectivity index (χ1v) is 9.75. The van der Waals surface area contributed by atoms with Crippen molar-refractivity contribution in [2.45, 2.75) is 19.1 Å². The zero-order chi connectivity index (χ0) is 22.7. The lowest BCUT2D eigenvalue weighted by atomic mass is 10.1. The van der Waals surface area contributed by atoms with Gasteiger partial charge in [0.1, 0.15) is 17.9 Å². The summed E-state index contributed by atoms with van der Waals surface area (Å²) in [6, 6.07) is 15.0. The van der Waals surface area contributed by atoms with Crippen LogP contribution in [0.25, 0.3) is 10.8 Å². The Hall–Kier alpha value is -3.94. The minimum atomic E-state index is -4.42. The molecule has 4 rings (SSSR count). The number of ether oxygens (including phenoxy) is 1. The van der Waals surface area contributed by atoms with Crippen LogP contribution >= 0.6 is 0 Å². The second kappa shape index (κ2) is 8.66. The third-order valence-corrected chi connectivity index (χ3v) is 4.96. The van der Waals surface area contributed by atoms with E-state index >= 15 is 0 Å². The summed E-state index contributed by atoms with van der Waals surface area (Å²) in [6.07, 6.45) is -0.427. The van der Waals surface area contributed by atoms with Gasteiger partial charge in [0.25, 0.3) is 0 Å². The van der Waals surface area contributed by atoms with Gasteiger partial charge in [0.2, 0.25) is 5.88 Å². The number of alkyl halides is 3. The average molecular weight is 437 g/mol. The number of carbonyl (C=O) groups is 1. The Bertz CT molecular complexity index is 1240. The Kier molecular flexibility index (Phi) is 5.77. The lowest BCUT2D eigenvalue weighted by Gasteiger charge is -2.18. The second-order valence-electron chi connectivity index (χ2n) is 7.15. The molecule has 162 valence electrons. The van der Waals surface area contributed by atoms with E-state index in [4.69, 9.17) is 4.74 Å². The molecule has 32 heavy (non-hydrogen) atoms. The van der Waals surface area contributed by atoms with Crippen molar-refractivity contribution in [1.82, 2.24) is 9.97 Å². The summed E-state index contributed by atoms with van der Waals surface area (Å²) in [5, 5.41) is 4.74. The topological polar surface area (TPSA) is 64.1 Å². The highest BCUT2D eigenvalue weighted by atomic mass is 19.4. The largest absolute Gasteiger partial charge is 0.438 e. The van der Waals surface area contributed by atoms with Gasteiger partial charge in [0.05, 0.1) is 10.9 Å². The quantitative estimate of drug-likeness (QED) is 0.352. The monoisotopic (exact) mass is 437 g/mol. The van der Waals surface area contributed by atoms with E-state index in [1.54, 1.807) is 36.7 Å². The maximum Gasteiger partial charge on any atom is 0.416 e. The molecular formula is C24H18F3N3O2. The third kappa shape index (κ3) is 4.54. The molecule has 0 aliphatic carbocycles. The average Bonchev–Trinajstić information content (AvgIpc) is 2.79. The van der Waals surface area contributed by atoms with Crippen LogP contribution in [-0.4, -0.2) is 16.3 Å². The molecule has 0 aliphatic heterocycles. The molecule has 1 atom stereocenters. The van der Waals surface area contributed by atoms with Gasteiger partial charge in [0.15, 0.2) is 0 Å². The van der Waals surface area contributed by atoms with Crippen LogP contribution in [0.1, 0.15) is 34.5 Å². The lowest BCUT2D eigenvalue weighted by Crippen LogP contribution is -2.09. The van der Waals surface area contributed by atoms with Crippen LogP contribution in [0.3, 0.4) is 0 Å². The van der Waals surface area contributed by atoms with Crippen molar-refractivity contribution in [2.75, 3.05) is 5.32 Å². The lowest BCUT2D eigenvalue weighted by molar-refractivity contribution is -0.137. The Morgan fingerprint density at radius 3 is 2.22 bits per heavy atom. The number of aldehydes is 1. The van der Waals surface area contributed by atoms with Crippen LogP contribution in [0, 0.1) is 0 Å². The number of hydrogen-bond donors (Lipinski definition) is 1. The number of nitrogens with zero attached hydrogens (tertiary/aromatic N) is 2. The summed E-state index contributed by atoms with van der Waals surface area (Å²) in [6.45, 7) is 1.95. The zero-order valence-electron chi connectivity index (χ0n) is 16.9. The Labute approximate surface area is 181 Å². The smallest absolute Gasteiger partial charge is 0.416 e. The van der Waals surface area contributed by atoms with Crippen molar-refractivity contribution >= 4 is 22.9 Å². The van der Waals surface area contributed by atoms with E-state index in [1.165, 1.54) is 12.1 Å². The number of rotatable bonds is 6. The van der Waals surface area contributed by atoms with Crippen molar-refractivity contribution in [3.8, 4) is 11.6 Å². The fourth-order valence-corrected chi connectivity index (χ4v) is 3.25. The number of fused-ring (bicyclic) bond motifs is 1. The predicted molar refractivity (Wildman–Crippen MR) is 115 cm³/mol. The van der Waals surface area contributed by atoms with Gasteiger partial charge in [-0.1, -0.05) is 24.3 Å². The first kappa shape index (κ1) is 21.3. The number of halogens is 3. The number of hydrogen-bond acceptors (Lipinski definition) is 5. The van der Waals surface area contributed by atoms with E-state index in [0.717, 1.165) is 29.4 Å². The Morgan fingerprint density at radius 2 is 1.59 bits per heavy atom.